The summed E-state index contributed by atoms with van der Waals surface area (Å²) in [5.74, 6) is 3.91. The second kappa shape index (κ2) is 9.27. The van der Waals surface area contributed by atoms with Crippen LogP contribution in [0.5, 0.6) is 0 Å². The van der Waals surface area contributed by atoms with E-state index in [9.17, 15) is 4.79 Å². The Bertz CT molecular complexity index is 741. The standard InChI is InChI=1S/C29H47ClO2/c1-18(2)8-7-9-19(3)24-12-13-26-23-16-27(30)29(6)17-21(32-20(4)31)10-11-25(29)22(23)14-15-28(24,26)5/h18-19,21,23-24,26-27H,7-17H2,1-6H3. The second-order valence-corrected chi connectivity index (χ2v) is 13.3. The lowest BCUT2D eigenvalue weighted by molar-refractivity contribution is -0.149. The lowest BCUT2D eigenvalue weighted by Crippen LogP contribution is -2.49. The molecule has 4 rings (SSSR count). The fourth-order valence-electron chi connectivity index (χ4n) is 8.77. The highest BCUT2D eigenvalue weighted by molar-refractivity contribution is 6.21. The summed E-state index contributed by atoms with van der Waals surface area (Å²) in [6, 6.07) is 0. The lowest BCUT2D eigenvalue weighted by atomic mass is 9.51. The summed E-state index contributed by atoms with van der Waals surface area (Å²) in [6.45, 7) is 13.8. The Labute approximate surface area is 202 Å². The van der Waals surface area contributed by atoms with E-state index < -0.39 is 0 Å². The third-order valence-electron chi connectivity index (χ3n) is 10.4. The summed E-state index contributed by atoms with van der Waals surface area (Å²) >= 11 is 7.21. The van der Waals surface area contributed by atoms with Crippen LogP contribution in [0.1, 0.15) is 112 Å². The van der Waals surface area contributed by atoms with Gasteiger partial charge in [0.2, 0.25) is 0 Å². The number of allylic oxidation sites excluding steroid dienone is 2. The van der Waals surface area contributed by atoms with E-state index in [1.54, 1.807) is 11.1 Å². The maximum absolute atomic E-state index is 11.6. The fourth-order valence-corrected chi connectivity index (χ4v) is 9.19. The van der Waals surface area contributed by atoms with Crippen molar-refractivity contribution < 1.29 is 9.53 Å². The van der Waals surface area contributed by atoms with Gasteiger partial charge < -0.3 is 4.74 Å². The third-order valence-corrected chi connectivity index (χ3v) is 11.1. The van der Waals surface area contributed by atoms with E-state index in [2.05, 4.69) is 34.6 Å². The topological polar surface area (TPSA) is 26.3 Å². The molecule has 0 aromatic rings. The molecular weight excluding hydrogens is 416 g/mol. The Morgan fingerprint density at radius 2 is 1.88 bits per heavy atom. The van der Waals surface area contributed by atoms with Gasteiger partial charge in [0.1, 0.15) is 6.10 Å². The molecular formula is C29H47ClO2. The number of rotatable bonds is 6. The fraction of sp³-hybridized carbons (Fsp3) is 0.897. The van der Waals surface area contributed by atoms with Crippen molar-refractivity contribution in [2.45, 2.75) is 124 Å². The minimum Gasteiger partial charge on any atom is -0.463 e. The number of carbonyl (C=O) groups is 1. The van der Waals surface area contributed by atoms with Gasteiger partial charge in [-0.25, -0.2) is 0 Å². The Kier molecular flexibility index (Phi) is 7.13. The first-order valence-electron chi connectivity index (χ1n) is 13.6. The largest absolute Gasteiger partial charge is 0.463 e. The molecule has 0 N–H and O–H groups in total. The van der Waals surface area contributed by atoms with Gasteiger partial charge in [0.15, 0.2) is 0 Å². The minimum atomic E-state index is -0.151. The van der Waals surface area contributed by atoms with Crippen molar-refractivity contribution in [2.75, 3.05) is 0 Å². The number of carbonyl (C=O) groups excluding carboxylic acids is 1. The van der Waals surface area contributed by atoms with E-state index in [1.807, 2.05) is 0 Å². The number of halogens is 1. The van der Waals surface area contributed by atoms with E-state index in [0.29, 0.717) is 11.3 Å². The van der Waals surface area contributed by atoms with Gasteiger partial charge in [-0.1, -0.05) is 65.0 Å². The van der Waals surface area contributed by atoms with Crippen molar-refractivity contribution in [3.63, 3.8) is 0 Å². The molecule has 182 valence electrons. The molecule has 4 aliphatic rings. The van der Waals surface area contributed by atoms with Crippen LogP contribution in [0.4, 0.5) is 0 Å². The van der Waals surface area contributed by atoms with Gasteiger partial charge in [-0.05, 0) is 86.4 Å². The number of fused-ring (bicyclic) bond motifs is 4. The number of hydrogen-bond acceptors (Lipinski definition) is 2. The minimum absolute atomic E-state index is 0.00163. The maximum Gasteiger partial charge on any atom is 0.302 e. The van der Waals surface area contributed by atoms with Crippen LogP contribution in [-0.2, 0) is 9.53 Å². The van der Waals surface area contributed by atoms with Gasteiger partial charge in [0.25, 0.3) is 0 Å². The van der Waals surface area contributed by atoms with Crippen molar-refractivity contribution in [2.24, 2.45) is 40.4 Å². The monoisotopic (exact) mass is 462 g/mol. The molecule has 8 unspecified atom stereocenters. The maximum atomic E-state index is 11.6. The van der Waals surface area contributed by atoms with Crippen LogP contribution in [0.3, 0.4) is 0 Å². The molecule has 3 saturated carbocycles. The molecule has 0 spiro atoms. The quantitative estimate of drug-likeness (QED) is 0.225. The molecule has 0 saturated heterocycles. The molecule has 0 radical (unpaired) electrons. The van der Waals surface area contributed by atoms with Gasteiger partial charge >= 0.3 is 5.97 Å². The van der Waals surface area contributed by atoms with Gasteiger partial charge in [-0.3, -0.25) is 4.79 Å². The van der Waals surface area contributed by atoms with E-state index in [0.717, 1.165) is 49.4 Å². The zero-order chi connectivity index (χ0) is 23.3. The summed E-state index contributed by atoms with van der Waals surface area (Å²) in [7, 11) is 0. The molecule has 0 aliphatic heterocycles. The summed E-state index contributed by atoms with van der Waals surface area (Å²) in [5.41, 5.74) is 3.93. The molecule has 4 aliphatic carbocycles. The van der Waals surface area contributed by atoms with Gasteiger partial charge in [-0.2, -0.15) is 0 Å². The van der Waals surface area contributed by atoms with Crippen molar-refractivity contribution in [3.05, 3.63) is 11.1 Å². The predicted octanol–water partition coefficient (Wildman–Crippen LogP) is 8.32. The number of esters is 1. The zero-order valence-corrected chi connectivity index (χ0v) is 22.3. The molecule has 32 heavy (non-hydrogen) atoms. The third kappa shape index (κ3) is 4.32. The molecule has 3 heteroatoms. The molecule has 0 heterocycles. The van der Waals surface area contributed by atoms with E-state index in [1.165, 1.54) is 51.9 Å². The number of alkyl halides is 1. The predicted molar refractivity (Wildman–Crippen MR) is 134 cm³/mol. The van der Waals surface area contributed by atoms with Gasteiger partial charge in [0.05, 0.1) is 0 Å². The molecule has 0 aromatic carbocycles. The van der Waals surface area contributed by atoms with E-state index in [-0.39, 0.29) is 22.9 Å². The average Bonchev–Trinajstić information content (AvgIpc) is 3.05. The first-order valence-corrected chi connectivity index (χ1v) is 14.0. The summed E-state index contributed by atoms with van der Waals surface area (Å²) in [6.07, 6.45) is 13.7. The van der Waals surface area contributed by atoms with Crippen LogP contribution < -0.4 is 0 Å². The highest BCUT2D eigenvalue weighted by atomic mass is 35.5. The normalized spacial score (nSPS) is 42.3. The Morgan fingerprint density at radius 3 is 2.56 bits per heavy atom. The van der Waals surface area contributed by atoms with Crippen LogP contribution in [0.15, 0.2) is 11.1 Å². The molecule has 0 bridgehead atoms. The lowest BCUT2D eigenvalue weighted by Gasteiger charge is -2.56. The first-order chi connectivity index (χ1) is 15.1. The SMILES string of the molecule is CC(=O)OC1CCC2=C3CCC4(C)C(C(C)CCCC(C)C)CCC4C3CC(Cl)C2(C)C1. The number of hydrogen-bond donors (Lipinski definition) is 0. The Hall–Kier alpha value is -0.500. The van der Waals surface area contributed by atoms with Crippen LogP contribution in [0.2, 0.25) is 0 Å². The summed E-state index contributed by atoms with van der Waals surface area (Å²) in [5, 5.41) is 0.162. The average molecular weight is 463 g/mol. The molecule has 2 nitrogen and oxygen atoms in total. The van der Waals surface area contributed by atoms with E-state index in [4.69, 9.17) is 16.3 Å². The highest BCUT2D eigenvalue weighted by Crippen LogP contribution is 2.66. The van der Waals surface area contributed by atoms with Gasteiger partial charge in [0, 0.05) is 17.7 Å². The smallest absolute Gasteiger partial charge is 0.302 e. The first kappa shape index (κ1) is 24.6. The van der Waals surface area contributed by atoms with Crippen LogP contribution in [0.25, 0.3) is 0 Å². The number of ether oxygens (including phenoxy) is 1. The molecule has 8 atom stereocenters. The highest BCUT2D eigenvalue weighted by Gasteiger charge is 2.58. The molecule has 3 fully saturated rings. The van der Waals surface area contributed by atoms with Crippen molar-refractivity contribution in [1.82, 2.24) is 0 Å². The Balaban J connectivity index is 1.53. The Morgan fingerprint density at radius 1 is 1.12 bits per heavy atom. The van der Waals surface area contributed by atoms with Crippen LogP contribution in [-0.4, -0.2) is 17.5 Å². The van der Waals surface area contributed by atoms with Crippen molar-refractivity contribution in [3.8, 4) is 0 Å². The van der Waals surface area contributed by atoms with Crippen LogP contribution in [0, 0.1) is 40.4 Å². The van der Waals surface area contributed by atoms with Crippen molar-refractivity contribution >= 4 is 17.6 Å². The van der Waals surface area contributed by atoms with E-state index >= 15 is 0 Å². The molecule has 0 aromatic heterocycles. The van der Waals surface area contributed by atoms with Gasteiger partial charge in [-0.15, -0.1) is 11.6 Å². The molecule has 0 amide bonds. The summed E-state index contributed by atoms with van der Waals surface area (Å²) in [4.78, 5) is 11.6. The van der Waals surface area contributed by atoms with Crippen LogP contribution >= 0.6 is 11.6 Å². The summed E-state index contributed by atoms with van der Waals surface area (Å²) < 4.78 is 5.64. The second-order valence-electron chi connectivity index (χ2n) is 12.8. The zero-order valence-electron chi connectivity index (χ0n) is 21.5. The van der Waals surface area contributed by atoms with Crippen molar-refractivity contribution in [1.29, 1.82) is 0 Å².